The molecule has 2 aliphatic rings. The number of fused-ring (bicyclic) bond motifs is 2. The van der Waals surface area contributed by atoms with Crippen LogP contribution in [0, 0.1) is 5.89 Å². The third kappa shape index (κ3) is 3.98. The zero-order valence-corrected chi connectivity index (χ0v) is 15.5. The summed E-state index contributed by atoms with van der Waals surface area (Å²) in [6, 6.07) is 17.1. The maximum atomic E-state index is 11.5. The molecule has 0 spiro atoms. The lowest BCUT2D eigenvalue weighted by molar-refractivity contribution is -0.143. The van der Waals surface area contributed by atoms with Crippen molar-refractivity contribution >= 4 is 11.5 Å². The normalized spacial score (nSPS) is 26.2. The molecule has 27 heavy (non-hydrogen) atoms. The van der Waals surface area contributed by atoms with Gasteiger partial charge in [0.05, 0.1) is 5.89 Å². The molecule has 1 N–H and O–H groups in total. The molecule has 0 aromatic heterocycles. The van der Waals surface area contributed by atoms with Crippen molar-refractivity contribution < 1.29 is 12.6 Å². The molecule has 1 aliphatic heterocycles. The monoisotopic (exact) mass is 365 g/mol. The fourth-order valence-electron chi connectivity index (χ4n) is 4.18. The van der Waals surface area contributed by atoms with Crippen molar-refractivity contribution in [1.29, 1.82) is 0 Å². The Kier molecular flexibility index (Phi) is 4.69. The Balaban J connectivity index is 1.57. The van der Waals surface area contributed by atoms with Crippen LogP contribution in [0.4, 0.5) is 0 Å². The minimum absolute atomic E-state index is 0.118. The number of carboxylic acid groups (broad SMARTS) is 1. The average Bonchev–Trinajstić information content (AvgIpc) is 2.88. The molecule has 2 atom stereocenters. The first-order valence-corrected chi connectivity index (χ1v) is 9.74. The van der Waals surface area contributed by atoms with Crippen LogP contribution >= 0.6 is 0 Å². The van der Waals surface area contributed by atoms with Gasteiger partial charge in [-0.3, -0.25) is 4.79 Å². The quantitative estimate of drug-likeness (QED) is 0.873. The van der Waals surface area contributed by atoms with Crippen LogP contribution in [0.1, 0.15) is 44.2 Å². The van der Waals surface area contributed by atoms with Gasteiger partial charge in [0.1, 0.15) is 0 Å². The number of rotatable bonds is 4. The SMILES string of the molecule is [3H]C1CCN(CCC=C2c3ccccc3CCc3ccccc32)C[C@]1([3H])C(=O)O. The van der Waals surface area contributed by atoms with E-state index < -0.39 is 18.3 Å². The van der Waals surface area contributed by atoms with Crippen molar-refractivity contribution in [1.82, 2.24) is 4.90 Å². The summed E-state index contributed by atoms with van der Waals surface area (Å²) in [7, 11) is 0. The smallest absolute Gasteiger partial charge is 0.307 e. The van der Waals surface area contributed by atoms with Gasteiger partial charge in [0, 0.05) is 15.8 Å². The lowest BCUT2D eigenvalue weighted by Gasteiger charge is -2.30. The lowest BCUT2D eigenvalue weighted by Crippen LogP contribution is -2.39. The Morgan fingerprint density at radius 3 is 2.41 bits per heavy atom. The largest absolute Gasteiger partial charge is 0.481 e. The molecule has 1 heterocycles. The minimum atomic E-state index is -1.73. The highest BCUT2D eigenvalue weighted by Crippen LogP contribution is 2.33. The Morgan fingerprint density at radius 2 is 1.78 bits per heavy atom. The lowest BCUT2D eigenvalue weighted by atomic mass is 9.93. The van der Waals surface area contributed by atoms with Gasteiger partial charge in [-0.15, -0.1) is 0 Å². The van der Waals surface area contributed by atoms with E-state index in [4.69, 9.17) is 2.74 Å². The summed E-state index contributed by atoms with van der Waals surface area (Å²) < 4.78 is 16.2. The van der Waals surface area contributed by atoms with Crippen molar-refractivity contribution in [3.8, 4) is 0 Å². The summed E-state index contributed by atoms with van der Waals surface area (Å²) in [6.07, 6.45) is 4.68. The van der Waals surface area contributed by atoms with Crippen molar-refractivity contribution in [2.24, 2.45) is 5.89 Å². The maximum absolute atomic E-state index is 11.5. The van der Waals surface area contributed by atoms with Gasteiger partial charge in [0.2, 0.25) is 0 Å². The molecule has 1 fully saturated rings. The molecule has 1 aliphatic carbocycles. The average molecular weight is 366 g/mol. The molecule has 3 nitrogen and oxygen atoms in total. The number of carboxylic acids is 1. The third-order valence-electron chi connectivity index (χ3n) is 5.58. The van der Waals surface area contributed by atoms with Gasteiger partial charge in [0.15, 0.2) is 0 Å². The second-order valence-electron chi connectivity index (χ2n) is 7.32. The molecule has 4 rings (SSSR count). The minimum Gasteiger partial charge on any atom is -0.481 e. The van der Waals surface area contributed by atoms with E-state index in [1.807, 2.05) is 4.90 Å². The van der Waals surface area contributed by atoms with E-state index in [0.717, 1.165) is 19.3 Å². The van der Waals surface area contributed by atoms with E-state index in [0.29, 0.717) is 19.5 Å². The topological polar surface area (TPSA) is 40.5 Å². The Morgan fingerprint density at radius 1 is 1.15 bits per heavy atom. The van der Waals surface area contributed by atoms with Crippen molar-refractivity contribution in [2.45, 2.75) is 32.1 Å². The molecule has 1 saturated heterocycles. The predicted molar refractivity (Wildman–Crippen MR) is 109 cm³/mol. The predicted octanol–water partition coefficient (Wildman–Crippen LogP) is 4.40. The standard InChI is InChI=1S/C24H27NO2/c26-24(27)20-9-5-15-25(17-20)16-6-12-23-21-10-3-1-7-18(21)13-14-19-8-2-4-11-22(19)23/h1-4,7-8,10-12,20H,5-6,9,13-17H2,(H,26,27)/t20-/m1/s1/i9T,20T/t9?,20-. The van der Waals surface area contributed by atoms with E-state index in [1.165, 1.54) is 27.8 Å². The first-order chi connectivity index (χ1) is 14.0. The molecule has 0 amide bonds. The molecular formula is C24H27NO2. The van der Waals surface area contributed by atoms with Crippen LogP contribution in [0.25, 0.3) is 5.57 Å². The first kappa shape index (κ1) is 15.6. The number of likely N-dealkylation sites (tertiary alicyclic amines) is 1. The van der Waals surface area contributed by atoms with Crippen LogP contribution < -0.4 is 0 Å². The van der Waals surface area contributed by atoms with Crippen molar-refractivity contribution in [3.63, 3.8) is 0 Å². The van der Waals surface area contributed by atoms with E-state index in [9.17, 15) is 9.90 Å². The molecule has 2 aromatic carbocycles. The van der Waals surface area contributed by atoms with E-state index in [-0.39, 0.29) is 6.54 Å². The zero-order chi connectivity index (χ0) is 20.4. The van der Waals surface area contributed by atoms with Gasteiger partial charge in [0.25, 0.3) is 0 Å². The molecule has 0 bridgehead atoms. The summed E-state index contributed by atoms with van der Waals surface area (Å²) in [6.45, 7) is 1.50. The van der Waals surface area contributed by atoms with Gasteiger partial charge in [-0.25, -0.2) is 0 Å². The molecule has 0 radical (unpaired) electrons. The second-order valence-corrected chi connectivity index (χ2v) is 7.32. The van der Waals surface area contributed by atoms with Gasteiger partial charge >= 0.3 is 5.97 Å². The second kappa shape index (κ2) is 8.10. The summed E-state index contributed by atoms with van der Waals surface area (Å²) in [5.41, 5.74) is 6.53. The zero-order valence-electron chi connectivity index (χ0n) is 17.5. The Hall–Kier alpha value is -2.39. The van der Waals surface area contributed by atoms with Crippen LogP contribution in [0.5, 0.6) is 0 Å². The van der Waals surface area contributed by atoms with E-state index >= 15 is 0 Å². The molecule has 3 heteroatoms. The number of piperidine rings is 1. The number of hydrogen-bond donors (Lipinski definition) is 1. The van der Waals surface area contributed by atoms with Crippen LogP contribution in [-0.4, -0.2) is 35.6 Å². The van der Waals surface area contributed by atoms with E-state index in [1.54, 1.807) is 0 Å². The van der Waals surface area contributed by atoms with Gasteiger partial charge in [-0.05, 0) is 66.5 Å². The summed E-state index contributed by atoms with van der Waals surface area (Å²) in [5, 5.41) is 9.42. The summed E-state index contributed by atoms with van der Waals surface area (Å²) >= 11 is 0. The van der Waals surface area contributed by atoms with E-state index in [2.05, 4.69) is 54.6 Å². The fraction of sp³-hybridized carbons (Fsp3) is 0.375. The Labute approximate surface area is 164 Å². The number of aryl methyl sites for hydroxylation is 2. The van der Waals surface area contributed by atoms with Gasteiger partial charge in [-0.2, -0.15) is 0 Å². The van der Waals surface area contributed by atoms with Crippen LogP contribution in [0.15, 0.2) is 54.6 Å². The summed E-state index contributed by atoms with van der Waals surface area (Å²) in [5.74, 6) is -2.92. The van der Waals surface area contributed by atoms with Gasteiger partial charge in [-0.1, -0.05) is 54.6 Å². The number of aliphatic carboxylic acids is 1. The van der Waals surface area contributed by atoms with Gasteiger partial charge < -0.3 is 10.0 Å². The molecular weight excluding hydrogens is 334 g/mol. The Bertz CT molecular complexity index is 892. The van der Waals surface area contributed by atoms with Crippen molar-refractivity contribution in [3.05, 3.63) is 76.9 Å². The first-order valence-electron chi connectivity index (χ1n) is 10.8. The highest BCUT2D eigenvalue weighted by Gasteiger charge is 2.25. The van der Waals surface area contributed by atoms with Crippen LogP contribution in [0.2, 0.25) is 0 Å². The molecule has 0 saturated carbocycles. The number of nitrogens with zero attached hydrogens (tertiary/aromatic N) is 1. The molecule has 2 aromatic rings. The fourth-order valence-corrected chi connectivity index (χ4v) is 4.18. The van der Waals surface area contributed by atoms with Crippen molar-refractivity contribution in [2.75, 3.05) is 19.6 Å². The number of hydrogen-bond acceptors (Lipinski definition) is 2. The van der Waals surface area contributed by atoms with Crippen LogP contribution in [0.3, 0.4) is 0 Å². The highest BCUT2D eigenvalue weighted by molar-refractivity contribution is 5.83. The summed E-state index contributed by atoms with van der Waals surface area (Å²) in [4.78, 5) is 13.5. The molecule has 140 valence electrons. The highest BCUT2D eigenvalue weighted by atomic mass is 16.4. The van der Waals surface area contributed by atoms with Crippen LogP contribution in [-0.2, 0) is 17.6 Å². The number of benzene rings is 2. The third-order valence-corrected chi connectivity index (χ3v) is 5.58. The number of carbonyl (C=O) groups is 1. The maximum Gasteiger partial charge on any atom is 0.307 e. The molecule has 1 unspecified atom stereocenters.